The molecule has 0 atom stereocenters. The number of thiazole rings is 1. The molecule has 8 heteroatoms. The summed E-state index contributed by atoms with van der Waals surface area (Å²) in [6, 6.07) is 17.1. The number of ether oxygens (including phenoxy) is 2. The quantitative estimate of drug-likeness (QED) is 0.306. The average molecular weight is 455 g/mol. The largest absolute Gasteiger partial charge is 0.497 e. The van der Waals surface area contributed by atoms with E-state index in [9.17, 15) is 4.79 Å². The lowest BCUT2D eigenvalue weighted by Crippen LogP contribution is -2.31. The van der Waals surface area contributed by atoms with Gasteiger partial charge < -0.3 is 13.9 Å². The number of hydrogen-bond acceptors (Lipinski definition) is 7. The van der Waals surface area contributed by atoms with Crippen molar-refractivity contribution >= 4 is 44.4 Å². The predicted molar refractivity (Wildman–Crippen MR) is 124 cm³/mol. The molecular formula is C23H22N2O4S2. The van der Waals surface area contributed by atoms with Gasteiger partial charge >= 0.3 is 0 Å². The zero-order valence-corrected chi connectivity index (χ0v) is 18.9. The van der Waals surface area contributed by atoms with E-state index < -0.39 is 0 Å². The molecule has 0 unspecified atom stereocenters. The number of methoxy groups -OCH3 is 1. The minimum Gasteiger partial charge on any atom is -0.497 e. The smallest absolute Gasteiger partial charge is 0.239 e. The van der Waals surface area contributed by atoms with E-state index in [-0.39, 0.29) is 11.7 Å². The maximum Gasteiger partial charge on any atom is 0.239 e. The van der Waals surface area contributed by atoms with Gasteiger partial charge in [0, 0.05) is 4.90 Å². The molecule has 31 heavy (non-hydrogen) atoms. The van der Waals surface area contributed by atoms with E-state index in [2.05, 4.69) is 0 Å². The fraction of sp³-hybridized carbons (Fsp3) is 0.217. The van der Waals surface area contributed by atoms with Crippen LogP contribution in [0.5, 0.6) is 11.5 Å². The molecule has 4 aromatic rings. The molecule has 0 aliphatic carbocycles. The van der Waals surface area contributed by atoms with Gasteiger partial charge in [-0.2, -0.15) is 0 Å². The van der Waals surface area contributed by atoms with E-state index in [0.29, 0.717) is 24.0 Å². The molecule has 160 valence electrons. The van der Waals surface area contributed by atoms with Crippen LogP contribution in [0.4, 0.5) is 5.13 Å². The molecule has 4 rings (SSSR count). The SMILES string of the molecule is CCOc1ccc2nc(N(Cc3ccco3)C(=O)CSc3ccc(OC)cc3)sc2c1. The van der Waals surface area contributed by atoms with E-state index in [1.807, 2.05) is 61.5 Å². The minimum absolute atomic E-state index is 0.0405. The molecule has 0 saturated heterocycles. The second-order valence-electron chi connectivity index (χ2n) is 6.58. The summed E-state index contributed by atoms with van der Waals surface area (Å²) in [5.74, 6) is 2.53. The number of thioether (sulfide) groups is 1. The van der Waals surface area contributed by atoms with E-state index in [4.69, 9.17) is 18.9 Å². The average Bonchev–Trinajstić information content (AvgIpc) is 3.45. The number of fused-ring (bicyclic) bond motifs is 1. The van der Waals surface area contributed by atoms with E-state index in [1.54, 1.807) is 18.3 Å². The standard InChI is InChI=1S/C23H22N2O4S2/c1-3-28-17-8-11-20-21(13-17)31-23(24-20)25(14-18-5-4-12-29-18)22(26)15-30-19-9-6-16(27-2)7-10-19/h4-13H,3,14-15H2,1-2H3. The van der Waals surface area contributed by atoms with Gasteiger partial charge in [-0.15, -0.1) is 11.8 Å². The lowest BCUT2D eigenvalue weighted by Gasteiger charge is -2.18. The summed E-state index contributed by atoms with van der Waals surface area (Å²) in [6.07, 6.45) is 1.61. The number of aromatic nitrogens is 1. The molecule has 0 saturated carbocycles. The lowest BCUT2D eigenvalue weighted by atomic mass is 10.3. The van der Waals surface area contributed by atoms with Gasteiger partial charge in [0.1, 0.15) is 17.3 Å². The highest BCUT2D eigenvalue weighted by Crippen LogP contribution is 2.33. The van der Waals surface area contributed by atoms with Crippen molar-refractivity contribution in [2.45, 2.75) is 18.4 Å². The number of benzene rings is 2. The summed E-state index contributed by atoms with van der Waals surface area (Å²) in [4.78, 5) is 20.6. The summed E-state index contributed by atoms with van der Waals surface area (Å²) < 4.78 is 17.2. The molecule has 2 heterocycles. The summed E-state index contributed by atoms with van der Waals surface area (Å²) in [5.41, 5.74) is 0.837. The number of anilines is 1. The minimum atomic E-state index is -0.0405. The first-order valence-corrected chi connectivity index (χ1v) is 11.6. The van der Waals surface area contributed by atoms with Crippen molar-refractivity contribution in [3.8, 4) is 11.5 Å². The van der Waals surface area contributed by atoms with E-state index in [1.165, 1.54) is 23.1 Å². The van der Waals surface area contributed by atoms with Crippen LogP contribution in [0.15, 0.2) is 70.2 Å². The topological polar surface area (TPSA) is 64.8 Å². The fourth-order valence-corrected chi connectivity index (χ4v) is 4.77. The monoisotopic (exact) mass is 454 g/mol. The lowest BCUT2D eigenvalue weighted by molar-refractivity contribution is -0.116. The maximum atomic E-state index is 13.2. The Balaban J connectivity index is 1.55. The maximum absolute atomic E-state index is 13.2. The van der Waals surface area contributed by atoms with Crippen molar-refractivity contribution in [2.24, 2.45) is 0 Å². The van der Waals surface area contributed by atoms with Gasteiger partial charge in [0.15, 0.2) is 5.13 Å². The Kier molecular flexibility index (Phi) is 6.79. The molecule has 0 spiro atoms. The van der Waals surface area contributed by atoms with Crippen LogP contribution in [0.25, 0.3) is 10.2 Å². The van der Waals surface area contributed by atoms with Crippen LogP contribution in [-0.2, 0) is 11.3 Å². The molecule has 0 N–H and O–H groups in total. The Morgan fingerprint density at radius 3 is 2.68 bits per heavy atom. The number of carbonyl (C=O) groups excluding carboxylic acids is 1. The van der Waals surface area contributed by atoms with Gasteiger partial charge in [-0.25, -0.2) is 4.98 Å². The molecular weight excluding hydrogens is 432 g/mol. The molecule has 0 radical (unpaired) electrons. The molecule has 6 nitrogen and oxygen atoms in total. The van der Waals surface area contributed by atoms with Crippen LogP contribution in [-0.4, -0.2) is 30.4 Å². The van der Waals surface area contributed by atoms with Crippen LogP contribution in [0.2, 0.25) is 0 Å². The summed E-state index contributed by atoms with van der Waals surface area (Å²) >= 11 is 2.95. The molecule has 2 aromatic heterocycles. The zero-order valence-electron chi connectivity index (χ0n) is 17.2. The number of carbonyl (C=O) groups is 1. The van der Waals surface area contributed by atoms with Gasteiger partial charge in [0.2, 0.25) is 5.91 Å². The van der Waals surface area contributed by atoms with Crippen LogP contribution in [0.1, 0.15) is 12.7 Å². The van der Waals surface area contributed by atoms with Crippen molar-refractivity contribution < 1.29 is 18.7 Å². The number of hydrogen-bond donors (Lipinski definition) is 0. The van der Waals surface area contributed by atoms with Crippen molar-refractivity contribution in [1.29, 1.82) is 0 Å². The van der Waals surface area contributed by atoms with Gasteiger partial charge in [-0.3, -0.25) is 9.69 Å². The third kappa shape index (κ3) is 5.21. The van der Waals surface area contributed by atoms with E-state index >= 15 is 0 Å². The van der Waals surface area contributed by atoms with Crippen LogP contribution < -0.4 is 14.4 Å². The first-order chi connectivity index (χ1) is 15.2. The Labute approximate surface area is 188 Å². The van der Waals surface area contributed by atoms with E-state index in [0.717, 1.165) is 26.6 Å². The summed E-state index contributed by atoms with van der Waals surface area (Å²) in [7, 11) is 1.63. The van der Waals surface area contributed by atoms with Gasteiger partial charge in [0.05, 0.1) is 42.5 Å². The van der Waals surface area contributed by atoms with Crippen LogP contribution in [0.3, 0.4) is 0 Å². The molecule has 0 aliphatic rings. The van der Waals surface area contributed by atoms with Crippen molar-refractivity contribution in [3.63, 3.8) is 0 Å². The fourth-order valence-electron chi connectivity index (χ4n) is 2.98. The van der Waals surface area contributed by atoms with Crippen molar-refractivity contribution in [2.75, 3.05) is 24.4 Å². The number of nitrogens with zero attached hydrogens (tertiary/aromatic N) is 2. The normalized spacial score (nSPS) is 10.9. The third-order valence-electron chi connectivity index (χ3n) is 4.51. The first kappa shape index (κ1) is 21.3. The summed E-state index contributed by atoms with van der Waals surface area (Å²) in [6.45, 7) is 2.88. The Morgan fingerprint density at radius 1 is 1.16 bits per heavy atom. The first-order valence-electron chi connectivity index (χ1n) is 9.79. The summed E-state index contributed by atoms with van der Waals surface area (Å²) in [5, 5.41) is 0.639. The van der Waals surface area contributed by atoms with Crippen molar-refractivity contribution in [3.05, 3.63) is 66.6 Å². The highest BCUT2D eigenvalue weighted by atomic mass is 32.2. The van der Waals surface area contributed by atoms with Gasteiger partial charge in [-0.1, -0.05) is 11.3 Å². The van der Waals surface area contributed by atoms with Gasteiger partial charge in [-0.05, 0) is 61.5 Å². The number of amides is 1. The molecule has 2 aromatic carbocycles. The second kappa shape index (κ2) is 9.89. The molecule has 0 bridgehead atoms. The Morgan fingerprint density at radius 2 is 1.97 bits per heavy atom. The Hall–Kier alpha value is -2.97. The van der Waals surface area contributed by atoms with Gasteiger partial charge in [0.25, 0.3) is 0 Å². The molecule has 1 amide bonds. The van der Waals surface area contributed by atoms with Crippen LogP contribution in [0, 0.1) is 0 Å². The molecule has 0 aliphatic heterocycles. The predicted octanol–water partition coefficient (Wildman–Crippen LogP) is 5.62. The Bertz CT molecular complexity index is 1140. The number of furan rings is 1. The zero-order chi connectivity index (χ0) is 21.6. The van der Waals surface area contributed by atoms with Crippen molar-refractivity contribution in [1.82, 2.24) is 4.98 Å². The third-order valence-corrected chi connectivity index (χ3v) is 6.55. The molecule has 0 fully saturated rings. The highest BCUT2D eigenvalue weighted by Gasteiger charge is 2.21. The highest BCUT2D eigenvalue weighted by molar-refractivity contribution is 8.00. The van der Waals surface area contributed by atoms with Crippen LogP contribution >= 0.6 is 23.1 Å². The number of rotatable bonds is 9. The second-order valence-corrected chi connectivity index (χ2v) is 8.64.